The zero-order valence-electron chi connectivity index (χ0n) is 11.0. The first-order valence-electron chi connectivity index (χ1n) is 6.13. The zero-order chi connectivity index (χ0) is 12.8. The molecule has 0 spiro atoms. The number of hydrogen-bond donors (Lipinski definition) is 0. The van der Waals surface area contributed by atoms with Gasteiger partial charge in [0, 0.05) is 17.7 Å². The Morgan fingerprint density at radius 1 is 1.00 bits per heavy atom. The summed E-state index contributed by atoms with van der Waals surface area (Å²) in [5.74, 6) is 0. The van der Waals surface area contributed by atoms with Gasteiger partial charge in [0.2, 0.25) is 0 Å². The van der Waals surface area contributed by atoms with Gasteiger partial charge in [-0.1, -0.05) is 34.1 Å². The minimum absolute atomic E-state index is 0.100. The third kappa shape index (κ3) is 3.80. The van der Waals surface area contributed by atoms with Crippen LogP contribution >= 0.6 is 15.9 Å². The standard InChI is InChI=1S/C14H21BrO2/c1-5-16-10(3)12-8-7-9-13(14(12)15)11(4)17-6-2/h7-11H,5-6H2,1-4H3/t10-,11-/m0/s1. The quantitative estimate of drug-likeness (QED) is 0.762. The Morgan fingerprint density at radius 3 is 1.76 bits per heavy atom. The lowest BCUT2D eigenvalue weighted by atomic mass is 10.0. The number of ether oxygens (including phenoxy) is 2. The molecule has 2 nitrogen and oxygen atoms in total. The minimum atomic E-state index is 0.100. The first-order chi connectivity index (χ1) is 8.11. The third-order valence-corrected chi connectivity index (χ3v) is 3.68. The fourth-order valence-corrected chi connectivity index (χ4v) is 2.79. The smallest absolute Gasteiger partial charge is 0.0807 e. The SMILES string of the molecule is CCO[C@@H](C)c1cccc([C@H](C)OCC)c1Br. The largest absolute Gasteiger partial charge is 0.374 e. The third-order valence-electron chi connectivity index (χ3n) is 2.77. The Kier molecular flexibility index (Phi) is 6.17. The summed E-state index contributed by atoms with van der Waals surface area (Å²) in [6.07, 6.45) is 0.200. The van der Waals surface area contributed by atoms with Gasteiger partial charge >= 0.3 is 0 Å². The van der Waals surface area contributed by atoms with E-state index in [1.54, 1.807) is 0 Å². The molecule has 17 heavy (non-hydrogen) atoms. The summed E-state index contributed by atoms with van der Waals surface area (Å²) in [5.41, 5.74) is 2.35. The van der Waals surface area contributed by atoms with Crippen LogP contribution in [0.15, 0.2) is 22.7 Å². The molecule has 0 aliphatic carbocycles. The Balaban J connectivity index is 2.98. The lowest BCUT2D eigenvalue weighted by molar-refractivity contribution is 0.0709. The van der Waals surface area contributed by atoms with Crippen molar-refractivity contribution in [1.29, 1.82) is 0 Å². The first kappa shape index (κ1) is 14.7. The molecule has 0 aliphatic heterocycles. The molecule has 96 valence electrons. The summed E-state index contributed by atoms with van der Waals surface area (Å²) < 4.78 is 12.4. The maximum absolute atomic E-state index is 5.63. The van der Waals surface area contributed by atoms with Gasteiger partial charge in [-0.2, -0.15) is 0 Å². The van der Waals surface area contributed by atoms with Gasteiger partial charge in [0.15, 0.2) is 0 Å². The van der Waals surface area contributed by atoms with Crippen molar-refractivity contribution < 1.29 is 9.47 Å². The van der Waals surface area contributed by atoms with Gasteiger partial charge in [0.25, 0.3) is 0 Å². The van der Waals surface area contributed by atoms with E-state index in [1.165, 1.54) is 11.1 Å². The average Bonchev–Trinajstić information content (AvgIpc) is 2.29. The summed E-state index contributed by atoms with van der Waals surface area (Å²) in [6, 6.07) is 6.24. The number of rotatable bonds is 6. The van der Waals surface area contributed by atoms with E-state index < -0.39 is 0 Å². The highest BCUT2D eigenvalue weighted by Crippen LogP contribution is 2.33. The monoisotopic (exact) mass is 300 g/mol. The number of hydrogen-bond acceptors (Lipinski definition) is 2. The van der Waals surface area contributed by atoms with Crippen LogP contribution in [-0.4, -0.2) is 13.2 Å². The molecule has 0 aliphatic rings. The molecule has 3 heteroatoms. The predicted octanol–water partition coefficient (Wildman–Crippen LogP) is 4.64. The van der Waals surface area contributed by atoms with Crippen LogP contribution in [0.2, 0.25) is 0 Å². The van der Waals surface area contributed by atoms with Crippen LogP contribution in [0.3, 0.4) is 0 Å². The molecule has 0 bridgehead atoms. The van der Waals surface area contributed by atoms with Crippen molar-refractivity contribution in [3.63, 3.8) is 0 Å². The van der Waals surface area contributed by atoms with Crippen molar-refractivity contribution in [2.75, 3.05) is 13.2 Å². The van der Waals surface area contributed by atoms with Crippen molar-refractivity contribution >= 4 is 15.9 Å². The second kappa shape index (κ2) is 7.14. The molecule has 1 aromatic rings. The van der Waals surface area contributed by atoms with Gasteiger partial charge in [0.1, 0.15) is 0 Å². The lowest BCUT2D eigenvalue weighted by Gasteiger charge is -2.19. The fraction of sp³-hybridized carbons (Fsp3) is 0.571. The van der Waals surface area contributed by atoms with E-state index in [0.717, 1.165) is 17.7 Å². The van der Waals surface area contributed by atoms with Gasteiger partial charge in [-0.15, -0.1) is 0 Å². The molecule has 0 unspecified atom stereocenters. The topological polar surface area (TPSA) is 18.5 Å². The molecular formula is C14H21BrO2. The highest BCUT2D eigenvalue weighted by Gasteiger charge is 2.15. The van der Waals surface area contributed by atoms with Crippen LogP contribution in [0.1, 0.15) is 51.0 Å². The van der Waals surface area contributed by atoms with E-state index in [-0.39, 0.29) is 12.2 Å². The average molecular weight is 301 g/mol. The van der Waals surface area contributed by atoms with E-state index >= 15 is 0 Å². The minimum Gasteiger partial charge on any atom is -0.374 e. The van der Waals surface area contributed by atoms with Crippen LogP contribution in [0.4, 0.5) is 0 Å². The van der Waals surface area contributed by atoms with Gasteiger partial charge in [-0.3, -0.25) is 0 Å². The number of halogens is 1. The molecule has 0 heterocycles. The molecular weight excluding hydrogens is 280 g/mol. The first-order valence-corrected chi connectivity index (χ1v) is 6.92. The Labute approximate surface area is 112 Å². The van der Waals surface area contributed by atoms with E-state index in [4.69, 9.17) is 9.47 Å². The summed E-state index contributed by atoms with van der Waals surface area (Å²) >= 11 is 3.66. The molecule has 1 aromatic carbocycles. The molecule has 0 amide bonds. The molecule has 2 atom stereocenters. The van der Waals surface area contributed by atoms with Crippen LogP contribution < -0.4 is 0 Å². The lowest BCUT2D eigenvalue weighted by Crippen LogP contribution is -2.05. The van der Waals surface area contributed by atoms with Crippen molar-refractivity contribution in [2.24, 2.45) is 0 Å². The summed E-state index contributed by atoms with van der Waals surface area (Å²) in [5, 5.41) is 0. The maximum Gasteiger partial charge on any atom is 0.0807 e. The summed E-state index contributed by atoms with van der Waals surface area (Å²) in [7, 11) is 0. The van der Waals surface area contributed by atoms with E-state index in [1.807, 2.05) is 13.8 Å². The van der Waals surface area contributed by atoms with Gasteiger partial charge < -0.3 is 9.47 Å². The highest BCUT2D eigenvalue weighted by molar-refractivity contribution is 9.10. The molecule has 0 N–H and O–H groups in total. The Hall–Kier alpha value is -0.380. The summed E-state index contributed by atoms with van der Waals surface area (Å²) in [4.78, 5) is 0. The molecule has 0 radical (unpaired) electrons. The second-order valence-electron chi connectivity index (χ2n) is 3.95. The maximum atomic E-state index is 5.63. The van der Waals surface area contributed by atoms with Crippen molar-refractivity contribution in [3.8, 4) is 0 Å². The molecule has 0 saturated carbocycles. The Bertz CT molecular complexity index is 322. The molecule has 0 aromatic heterocycles. The van der Waals surface area contributed by atoms with Gasteiger partial charge in [0.05, 0.1) is 12.2 Å². The van der Waals surface area contributed by atoms with Crippen molar-refractivity contribution in [3.05, 3.63) is 33.8 Å². The molecule has 0 saturated heterocycles. The Morgan fingerprint density at radius 2 is 1.41 bits per heavy atom. The van der Waals surface area contributed by atoms with Crippen molar-refractivity contribution in [1.82, 2.24) is 0 Å². The van der Waals surface area contributed by atoms with Gasteiger partial charge in [-0.25, -0.2) is 0 Å². The van der Waals surface area contributed by atoms with E-state index in [0.29, 0.717) is 0 Å². The van der Waals surface area contributed by atoms with Crippen LogP contribution in [0, 0.1) is 0 Å². The fourth-order valence-electron chi connectivity index (χ4n) is 1.88. The van der Waals surface area contributed by atoms with Gasteiger partial charge in [-0.05, 0) is 38.8 Å². The zero-order valence-corrected chi connectivity index (χ0v) is 12.6. The normalized spacial score (nSPS) is 14.6. The molecule has 0 fully saturated rings. The van der Waals surface area contributed by atoms with Crippen molar-refractivity contribution in [2.45, 2.75) is 39.9 Å². The van der Waals surface area contributed by atoms with Crippen LogP contribution in [-0.2, 0) is 9.47 Å². The highest BCUT2D eigenvalue weighted by atomic mass is 79.9. The second-order valence-corrected chi connectivity index (χ2v) is 4.74. The van der Waals surface area contributed by atoms with Crippen LogP contribution in [0.25, 0.3) is 0 Å². The number of benzene rings is 1. The van der Waals surface area contributed by atoms with E-state index in [2.05, 4.69) is 48.0 Å². The van der Waals surface area contributed by atoms with Crippen LogP contribution in [0.5, 0.6) is 0 Å². The van der Waals surface area contributed by atoms with E-state index in [9.17, 15) is 0 Å². The summed E-state index contributed by atoms with van der Waals surface area (Å²) in [6.45, 7) is 9.60. The predicted molar refractivity (Wildman–Crippen MR) is 74.2 cm³/mol. The molecule has 1 rings (SSSR count).